The van der Waals surface area contributed by atoms with Gasteiger partial charge in [-0.2, -0.15) is 0 Å². The molecule has 1 aromatic carbocycles. The molecule has 1 aliphatic heterocycles. The van der Waals surface area contributed by atoms with Gasteiger partial charge in [0, 0.05) is 18.4 Å². The van der Waals surface area contributed by atoms with Gasteiger partial charge in [-0.15, -0.1) is 0 Å². The van der Waals surface area contributed by atoms with Gasteiger partial charge in [-0.1, -0.05) is 37.3 Å². The van der Waals surface area contributed by atoms with Gasteiger partial charge in [0.15, 0.2) is 6.04 Å². The lowest BCUT2D eigenvalue weighted by atomic mass is 9.88. The number of rotatable bonds is 7. The molecule has 1 fully saturated rings. The van der Waals surface area contributed by atoms with Crippen molar-refractivity contribution in [1.82, 2.24) is 10.6 Å². The summed E-state index contributed by atoms with van der Waals surface area (Å²) in [6, 6.07) is 8.17. The van der Waals surface area contributed by atoms with Gasteiger partial charge in [-0.3, -0.25) is 9.59 Å². The smallest absolute Gasteiger partial charge is 0.333 e. The van der Waals surface area contributed by atoms with Crippen LogP contribution in [0.5, 0.6) is 0 Å². The molecule has 0 saturated carbocycles. The Morgan fingerprint density at radius 2 is 2.04 bits per heavy atom. The van der Waals surface area contributed by atoms with E-state index < -0.39 is 12.0 Å². The number of amides is 2. The van der Waals surface area contributed by atoms with Gasteiger partial charge in [0.2, 0.25) is 11.8 Å². The Morgan fingerprint density at radius 3 is 2.58 bits per heavy atom. The molecular formula is C18H24N2O4. The normalized spacial score (nSPS) is 21.0. The summed E-state index contributed by atoms with van der Waals surface area (Å²) < 4.78 is 4.79. The Morgan fingerprint density at radius 1 is 1.33 bits per heavy atom. The van der Waals surface area contributed by atoms with Gasteiger partial charge in [0.05, 0.1) is 7.11 Å². The van der Waals surface area contributed by atoms with Gasteiger partial charge >= 0.3 is 5.97 Å². The fourth-order valence-corrected chi connectivity index (χ4v) is 3.03. The van der Waals surface area contributed by atoms with Crippen LogP contribution in [0.3, 0.4) is 0 Å². The summed E-state index contributed by atoms with van der Waals surface area (Å²) in [6.45, 7) is 2.00. The molecule has 2 N–H and O–H groups in total. The number of carbonyl (C=O) groups excluding carboxylic acids is 3. The number of esters is 1. The minimum Gasteiger partial charge on any atom is -0.467 e. The number of methoxy groups -OCH3 is 1. The van der Waals surface area contributed by atoms with Crippen LogP contribution in [0.15, 0.2) is 30.3 Å². The molecular weight excluding hydrogens is 308 g/mol. The number of hydrogen-bond donors (Lipinski definition) is 2. The predicted octanol–water partition coefficient (Wildman–Crippen LogP) is 1.86. The summed E-state index contributed by atoms with van der Waals surface area (Å²) in [5.41, 5.74) is 0.374. The minimum absolute atomic E-state index is 0.0361. The Kier molecular flexibility index (Phi) is 5.95. The number of hydrogen-bond acceptors (Lipinski definition) is 4. The molecule has 130 valence electrons. The molecule has 1 aliphatic rings. The Bertz CT molecular complexity index is 602. The molecule has 0 spiro atoms. The second-order valence-electron chi connectivity index (χ2n) is 6.12. The van der Waals surface area contributed by atoms with Crippen LogP contribution in [0.2, 0.25) is 0 Å². The zero-order chi connectivity index (χ0) is 17.6. The molecule has 1 heterocycles. The predicted molar refractivity (Wildman–Crippen MR) is 89.0 cm³/mol. The van der Waals surface area contributed by atoms with Crippen LogP contribution in [-0.2, 0) is 19.1 Å². The summed E-state index contributed by atoms with van der Waals surface area (Å²) in [4.78, 5) is 35.8. The largest absolute Gasteiger partial charge is 0.467 e. The molecule has 0 radical (unpaired) electrons. The Balaban J connectivity index is 1.98. The molecule has 1 saturated heterocycles. The fraction of sp³-hybridized carbons (Fsp3) is 0.500. The van der Waals surface area contributed by atoms with Crippen LogP contribution in [0.25, 0.3) is 0 Å². The highest BCUT2D eigenvalue weighted by Crippen LogP contribution is 2.28. The molecule has 6 heteroatoms. The van der Waals surface area contributed by atoms with E-state index in [4.69, 9.17) is 4.74 Å². The number of carbonyl (C=O) groups is 3. The molecule has 0 bridgehead atoms. The monoisotopic (exact) mass is 332 g/mol. The van der Waals surface area contributed by atoms with Crippen molar-refractivity contribution in [1.29, 1.82) is 0 Å². The van der Waals surface area contributed by atoms with Crippen molar-refractivity contribution < 1.29 is 19.1 Å². The van der Waals surface area contributed by atoms with Crippen LogP contribution in [0.4, 0.5) is 0 Å². The van der Waals surface area contributed by atoms with Gasteiger partial charge in [-0.05, 0) is 24.8 Å². The van der Waals surface area contributed by atoms with Crippen molar-refractivity contribution in [2.75, 3.05) is 7.11 Å². The van der Waals surface area contributed by atoms with E-state index in [1.165, 1.54) is 7.11 Å². The maximum Gasteiger partial charge on any atom is 0.333 e. The third kappa shape index (κ3) is 4.34. The van der Waals surface area contributed by atoms with Crippen molar-refractivity contribution in [2.24, 2.45) is 0 Å². The van der Waals surface area contributed by atoms with E-state index in [1.807, 2.05) is 13.0 Å². The SMILES string of the molecule is CCC1(CCC(=O)N[C@H](C(=O)OC)c2ccccc2)CCC(=O)N1. The molecule has 0 aromatic heterocycles. The summed E-state index contributed by atoms with van der Waals surface area (Å²) in [7, 11) is 1.30. The summed E-state index contributed by atoms with van der Waals surface area (Å²) in [5.74, 6) is -0.703. The maximum absolute atomic E-state index is 12.3. The van der Waals surface area contributed by atoms with E-state index >= 15 is 0 Å². The molecule has 2 rings (SSSR count). The van der Waals surface area contributed by atoms with Crippen molar-refractivity contribution in [3.05, 3.63) is 35.9 Å². The van der Waals surface area contributed by atoms with E-state index in [0.717, 1.165) is 12.8 Å². The van der Waals surface area contributed by atoms with Crippen molar-refractivity contribution >= 4 is 17.8 Å². The zero-order valence-corrected chi connectivity index (χ0v) is 14.1. The van der Waals surface area contributed by atoms with Crippen LogP contribution >= 0.6 is 0 Å². The fourth-order valence-electron chi connectivity index (χ4n) is 3.03. The molecule has 2 amide bonds. The number of benzene rings is 1. The summed E-state index contributed by atoms with van der Waals surface area (Å²) in [5, 5.41) is 5.72. The molecule has 6 nitrogen and oxygen atoms in total. The standard InChI is InChI=1S/C18H24N2O4/c1-3-18(12-10-15(22)20-18)11-9-14(21)19-16(17(23)24-2)13-7-5-4-6-8-13/h4-8,16H,3,9-12H2,1-2H3,(H,19,21)(H,20,22)/t16-,18?/m0/s1. The average Bonchev–Trinajstić information content (AvgIpc) is 2.99. The van der Waals surface area contributed by atoms with Crippen LogP contribution < -0.4 is 10.6 Å². The topological polar surface area (TPSA) is 84.5 Å². The second kappa shape index (κ2) is 7.95. The Hall–Kier alpha value is -2.37. The Labute approximate surface area is 142 Å². The number of ether oxygens (including phenoxy) is 1. The van der Waals surface area contributed by atoms with E-state index in [0.29, 0.717) is 18.4 Å². The first-order valence-electron chi connectivity index (χ1n) is 8.23. The zero-order valence-electron chi connectivity index (χ0n) is 14.1. The third-order valence-electron chi connectivity index (χ3n) is 4.62. The lowest BCUT2D eigenvalue weighted by Crippen LogP contribution is -2.42. The van der Waals surface area contributed by atoms with Crippen molar-refractivity contribution in [3.8, 4) is 0 Å². The first kappa shape index (κ1) is 18.0. The summed E-state index contributed by atoms with van der Waals surface area (Å²) in [6.07, 6.45) is 2.84. The minimum atomic E-state index is -0.820. The summed E-state index contributed by atoms with van der Waals surface area (Å²) >= 11 is 0. The third-order valence-corrected chi connectivity index (χ3v) is 4.62. The van der Waals surface area contributed by atoms with Crippen LogP contribution in [-0.4, -0.2) is 30.4 Å². The first-order valence-corrected chi connectivity index (χ1v) is 8.23. The lowest BCUT2D eigenvalue weighted by Gasteiger charge is -2.27. The highest BCUT2D eigenvalue weighted by atomic mass is 16.5. The molecule has 0 aliphatic carbocycles. The van der Waals surface area contributed by atoms with Gasteiger partial charge in [-0.25, -0.2) is 4.79 Å². The van der Waals surface area contributed by atoms with Crippen LogP contribution in [0, 0.1) is 0 Å². The molecule has 1 aromatic rings. The van der Waals surface area contributed by atoms with Crippen LogP contribution in [0.1, 0.15) is 50.6 Å². The highest BCUT2D eigenvalue weighted by molar-refractivity contribution is 5.85. The van der Waals surface area contributed by atoms with Gasteiger partial charge < -0.3 is 15.4 Å². The van der Waals surface area contributed by atoms with E-state index in [1.54, 1.807) is 24.3 Å². The molecule has 2 atom stereocenters. The maximum atomic E-state index is 12.3. The van der Waals surface area contributed by atoms with E-state index in [-0.39, 0.29) is 23.8 Å². The van der Waals surface area contributed by atoms with Crippen molar-refractivity contribution in [2.45, 2.75) is 50.6 Å². The number of nitrogens with one attached hydrogen (secondary N) is 2. The van der Waals surface area contributed by atoms with Crippen molar-refractivity contribution in [3.63, 3.8) is 0 Å². The van der Waals surface area contributed by atoms with E-state index in [9.17, 15) is 14.4 Å². The van der Waals surface area contributed by atoms with Gasteiger partial charge in [0.25, 0.3) is 0 Å². The molecule has 1 unspecified atom stereocenters. The second-order valence-corrected chi connectivity index (χ2v) is 6.12. The molecule has 24 heavy (non-hydrogen) atoms. The quantitative estimate of drug-likeness (QED) is 0.747. The van der Waals surface area contributed by atoms with E-state index in [2.05, 4.69) is 10.6 Å². The lowest BCUT2D eigenvalue weighted by molar-refractivity contribution is -0.145. The first-order chi connectivity index (χ1) is 11.5. The highest BCUT2D eigenvalue weighted by Gasteiger charge is 2.36. The average molecular weight is 332 g/mol. The van der Waals surface area contributed by atoms with Gasteiger partial charge in [0.1, 0.15) is 0 Å².